The topological polar surface area (TPSA) is 40.5 Å². The molecule has 0 spiro atoms. The van der Waals surface area contributed by atoms with Crippen molar-refractivity contribution < 1.29 is 9.90 Å². The number of hydrogen-bond donors (Lipinski definition) is 1. The molecule has 2 aliphatic rings. The number of carbonyl (C=O) groups is 1. The van der Waals surface area contributed by atoms with Crippen LogP contribution in [0.4, 0.5) is 0 Å². The molecule has 2 unspecified atom stereocenters. The number of carboxylic acid groups (broad SMARTS) is 1. The minimum absolute atomic E-state index is 0.118. The SMILES string of the molecule is CC1CC(C(=O)O)CCN1C1CCC(C(C)(C)C)CC1. The van der Waals surface area contributed by atoms with Crippen LogP contribution < -0.4 is 0 Å². The van der Waals surface area contributed by atoms with Crippen LogP contribution in [-0.4, -0.2) is 34.6 Å². The van der Waals surface area contributed by atoms with Crippen LogP contribution in [-0.2, 0) is 4.79 Å². The second kappa shape index (κ2) is 6.05. The summed E-state index contributed by atoms with van der Waals surface area (Å²) in [4.78, 5) is 13.7. The largest absolute Gasteiger partial charge is 0.481 e. The molecule has 1 aliphatic carbocycles. The Morgan fingerprint density at radius 2 is 1.70 bits per heavy atom. The number of hydrogen-bond acceptors (Lipinski definition) is 2. The molecule has 2 fully saturated rings. The van der Waals surface area contributed by atoms with E-state index < -0.39 is 5.97 Å². The average molecular weight is 281 g/mol. The quantitative estimate of drug-likeness (QED) is 0.837. The molecule has 1 aliphatic heterocycles. The zero-order valence-electron chi connectivity index (χ0n) is 13.6. The first kappa shape index (κ1) is 15.8. The highest BCUT2D eigenvalue weighted by Gasteiger charge is 2.36. The number of piperidine rings is 1. The van der Waals surface area contributed by atoms with E-state index in [0.29, 0.717) is 17.5 Å². The second-order valence-electron chi connectivity index (χ2n) is 8.02. The van der Waals surface area contributed by atoms with Crippen molar-refractivity contribution >= 4 is 5.97 Å². The third kappa shape index (κ3) is 3.55. The van der Waals surface area contributed by atoms with E-state index in [4.69, 9.17) is 5.11 Å². The van der Waals surface area contributed by atoms with Crippen molar-refractivity contribution in [3.8, 4) is 0 Å². The van der Waals surface area contributed by atoms with Gasteiger partial charge in [0.2, 0.25) is 0 Å². The van der Waals surface area contributed by atoms with Crippen molar-refractivity contribution in [2.75, 3.05) is 6.54 Å². The second-order valence-corrected chi connectivity index (χ2v) is 8.02. The molecule has 116 valence electrons. The summed E-state index contributed by atoms with van der Waals surface area (Å²) in [6.45, 7) is 10.3. The summed E-state index contributed by atoms with van der Waals surface area (Å²) in [7, 11) is 0. The van der Waals surface area contributed by atoms with Crippen molar-refractivity contribution in [2.45, 2.75) is 78.3 Å². The van der Waals surface area contributed by atoms with Gasteiger partial charge in [0.15, 0.2) is 0 Å². The molecule has 0 aromatic carbocycles. The Bertz CT molecular complexity index is 339. The summed E-state index contributed by atoms with van der Waals surface area (Å²) >= 11 is 0. The molecular weight excluding hydrogens is 250 g/mol. The van der Waals surface area contributed by atoms with Crippen molar-refractivity contribution in [1.29, 1.82) is 0 Å². The molecule has 1 saturated carbocycles. The highest BCUT2D eigenvalue weighted by molar-refractivity contribution is 5.70. The fourth-order valence-electron chi connectivity index (χ4n) is 4.23. The molecule has 2 atom stereocenters. The van der Waals surface area contributed by atoms with Gasteiger partial charge in [-0.3, -0.25) is 9.69 Å². The van der Waals surface area contributed by atoms with Gasteiger partial charge in [-0.15, -0.1) is 0 Å². The van der Waals surface area contributed by atoms with E-state index >= 15 is 0 Å². The van der Waals surface area contributed by atoms with E-state index in [9.17, 15) is 4.79 Å². The first-order chi connectivity index (χ1) is 9.29. The zero-order chi connectivity index (χ0) is 14.9. The van der Waals surface area contributed by atoms with Gasteiger partial charge in [0.05, 0.1) is 5.92 Å². The minimum atomic E-state index is -0.604. The number of likely N-dealkylation sites (tertiary alicyclic amines) is 1. The van der Waals surface area contributed by atoms with Crippen LogP contribution in [0.25, 0.3) is 0 Å². The van der Waals surface area contributed by atoms with Gasteiger partial charge in [0, 0.05) is 12.1 Å². The van der Waals surface area contributed by atoms with Crippen LogP contribution in [0.2, 0.25) is 0 Å². The Kier molecular flexibility index (Phi) is 4.78. The Labute approximate surface area is 123 Å². The molecule has 0 aromatic rings. The third-order valence-electron chi connectivity index (χ3n) is 5.67. The predicted molar refractivity (Wildman–Crippen MR) is 81.7 cm³/mol. The number of rotatable bonds is 2. The summed E-state index contributed by atoms with van der Waals surface area (Å²) < 4.78 is 0. The molecule has 0 amide bonds. The Morgan fingerprint density at radius 3 is 2.15 bits per heavy atom. The lowest BCUT2D eigenvalue weighted by Crippen LogP contribution is -2.49. The van der Waals surface area contributed by atoms with Crippen LogP contribution >= 0.6 is 0 Å². The van der Waals surface area contributed by atoms with Gasteiger partial charge in [0.1, 0.15) is 0 Å². The third-order valence-corrected chi connectivity index (χ3v) is 5.67. The first-order valence-corrected chi connectivity index (χ1v) is 8.27. The maximum atomic E-state index is 11.1. The van der Waals surface area contributed by atoms with Gasteiger partial charge in [0.25, 0.3) is 0 Å². The molecule has 0 radical (unpaired) electrons. The molecule has 1 saturated heterocycles. The van der Waals surface area contributed by atoms with Crippen molar-refractivity contribution in [1.82, 2.24) is 4.90 Å². The number of nitrogens with zero attached hydrogens (tertiary/aromatic N) is 1. The van der Waals surface area contributed by atoms with E-state index in [2.05, 4.69) is 32.6 Å². The maximum absolute atomic E-state index is 11.1. The molecular formula is C17H31NO2. The zero-order valence-corrected chi connectivity index (χ0v) is 13.6. The maximum Gasteiger partial charge on any atom is 0.306 e. The minimum Gasteiger partial charge on any atom is -0.481 e. The molecule has 3 nitrogen and oxygen atoms in total. The molecule has 1 N–H and O–H groups in total. The molecule has 3 heteroatoms. The van der Waals surface area contributed by atoms with Crippen LogP contribution in [0.1, 0.15) is 66.2 Å². The average Bonchev–Trinajstić information content (AvgIpc) is 2.37. The molecule has 0 aromatic heterocycles. The fraction of sp³-hybridized carbons (Fsp3) is 0.941. The summed E-state index contributed by atoms with van der Waals surface area (Å²) in [6.07, 6.45) is 6.92. The molecule has 20 heavy (non-hydrogen) atoms. The van der Waals surface area contributed by atoms with Crippen LogP contribution in [0.5, 0.6) is 0 Å². The van der Waals surface area contributed by atoms with Crippen LogP contribution in [0.3, 0.4) is 0 Å². The van der Waals surface area contributed by atoms with Crippen LogP contribution in [0.15, 0.2) is 0 Å². The molecule has 1 heterocycles. The van der Waals surface area contributed by atoms with Gasteiger partial charge in [-0.05, 0) is 63.3 Å². The lowest BCUT2D eigenvalue weighted by Gasteiger charge is -2.46. The van der Waals surface area contributed by atoms with E-state index in [1.165, 1.54) is 25.7 Å². The van der Waals surface area contributed by atoms with Crippen molar-refractivity contribution in [2.24, 2.45) is 17.3 Å². The van der Waals surface area contributed by atoms with Gasteiger partial charge in [-0.1, -0.05) is 20.8 Å². The predicted octanol–water partition coefficient (Wildman–Crippen LogP) is 3.78. The Balaban J connectivity index is 1.87. The molecule has 2 rings (SSSR count). The Hall–Kier alpha value is -0.570. The van der Waals surface area contributed by atoms with E-state index in [1.807, 2.05) is 0 Å². The highest BCUT2D eigenvalue weighted by atomic mass is 16.4. The smallest absolute Gasteiger partial charge is 0.306 e. The van der Waals surface area contributed by atoms with E-state index in [1.54, 1.807) is 0 Å². The lowest BCUT2D eigenvalue weighted by atomic mass is 9.71. The van der Waals surface area contributed by atoms with E-state index in [0.717, 1.165) is 25.3 Å². The number of carboxylic acids is 1. The summed E-state index contributed by atoms with van der Waals surface area (Å²) in [5.74, 6) is 0.130. The summed E-state index contributed by atoms with van der Waals surface area (Å²) in [5.41, 5.74) is 0.437. The van der Waals surface area contributed by atoms with Gasteiger partial charge in [-0.25, -0.2) is 0 Å². The van der Waals surface area contributed by atoms with Gasteiger partial charge < -0.3 is 5.11 Å². The van der Waals surface area contributed by atoms with Crippen molar-refractivity contribution in [3.05, 3.63) is 0 Å². The van der Waals surface area contributed by atoms with Gasteiger partial charge >= 0.3 is 5.97 Å². The standard InChI is InChI=1S/C17H31NO2/c1-12-11-13(16(19)20)9-10-18(12)15-7-5-14(6-8-15)17(2,3)4/h12-15H,5-11H2,1-4H3,(H,19,20). The first-order valence-electron chi connectivity index (χ1n) is 8.27. The highest BCUT2D eigenvalue weighted by Crippen LogP contribution is 2.40. The van der Waals surface area contributed by atoms with Crippen LogP contribution in [0, 0.1) is 17.3 Å². The monoisotopic (exact) mass is 281 g/mol. The summed E-state index contributed by atoms with van der Waals surface area (Å²) in [6, 6.07) is 1.12. The van der Waals surface area contributed by atoms with Crippen molar-refractivity contribution in [3.63, 3.8) is 0 Å². The fourth-order valence-corrected chi connectivity index (χ4v) is 4.23. The van der Waals surface area contributed by atoms with E-state index in [-0.39, 0.29) is 5.92 Å². The summed E-state index contributed by atoms with van der Waals surface area (Å²) in [5, 5.41) is 9.16. The van der Waals surface area contributed by atoms with Gasteiger partial charge in [-0.2, -0.15) is 0 Å². The normalized spacial score (nSPS) is 36.8. The number of aliphatic carboxylic acids is 1. The lowest BCUT2D eigenvalue weighted by molar-refractivity contribution is -0.144. The molecule has 0 bridgehead atoms. The Morgan fingerprint density at radius 1 is 1.10 bits per heavy atom.